The number of nitrogens with zero attached hydrogens (tertiary/aromatic N) is 1. The summed E-state index contributed by atoms with van der Waals surface area (Å²) < 4.78 is 60.8. The molecule has 0 radical (unpaired) electrons. The highest BCUT2D eigenvalue weighted by Gasteiger charge is 2.52. The van der Waals surface area contributed by atoms with Crippen LogP contribution in [0.3, 0.4) is 0 Å². The van der Waals surface area contributed by atoms with Crippen molar-refractivity contribution in [2.75, 3.05) is 6.54 Å². The van der Waals surface area contributed by atoms with E-state index in [1.807, 2.05) is 27.7 Å². The summed E-state index contributed by atoms with van der Waals surface area (Å²) in [5, 5.41) is 0. The SMILES string of the molecule is CC(C)(C)OC(=O)N(Cc1cc(OC(F)(F)F)cc(B2OC(C)(C)C(C)(C)O2)c1)CC1CC1. The second-order valence-corrected chi connectivity index (χ2v) is 10.9. The first-order valence-corrected chi connectivity index (χ1v) is 11.2. The number of ether oxygens (including phenoxy) is 2. The van der Waals surface area contributed by atoms with Crippen molar-refractivity contribution < 1.29 is 36.7 Å². The van der Waals surface area contributed by atoms with Gasteiger partial charge in [0.25, 0.3) is 0 Å². The van der Waals surface area contributed by atoms with Gasteiger partial charge in [-0.05, 0) is 90.4 Å². The third-order valence-electron chi connectivity index (χ3n) is 5.95. The number of halogens is 3. The predicted octanol–water partition coefficient (Wildman–Crippen LogP) is 5.03. The minimum absolute atomic E-state index is 0.0764. The zero-order valence-electron chi connectivity index (χ0n) is 20.3. The molecule has 0 unspecified atom stereocenters. The standard InChI is InChI=1S/C23H33BF3NO5/c1-20(2,3)31-19(29)28(13-15-8-9-15)14-16-10-17(12-18(11-16)30-23(25,26)27)24-32-21(4,5)22(6,7)33-24/h10-12,15H,8-9,13-14H2,1-7H3. The molecule has 184 valence electrons. The predicted molar refractivity (Wildman–Crippen MR) is 118 cm³/mol. The molecule has 2 fully saturated rings. The van der Waals surface area contributed by atoms with E-state index in [2.05, 4.69) is 4.74 Å². The second kappa shape index (κ2) is 8.69. The molecule has 1 aromatic carbocycles. The van der Waals surface area contributed by atoms with Gasteiger partial charge in [0.05, 0.1) is 11.2 Å². The Kier molecular flexibility index (Phi) is 6.76. The van der Waals surface area contributed by atoms with Gasteiger partial charge in [0.15, 0.2) is 0 Å². The van der Waals surface area contributed by atoms with E-state index in [9.17, 15) is 18.0 Å². The maximum Gasteiger partial charge on any atom is 0.573 e. The fourth-order valence-electron chi connectivity index (χ4n) is 3.45. The van der Waals surface area contributed by atoms with Crippen LogP contribution >= 0.6 is 0 Å². The van der Waals surface area contributed by atoms with Gasteiger partial charge in [0.2, 0.25) is 0 Å². The van der Waals surface area contributed by atoms with Gasteiger partial charge in [-0.15, -0.1) is 13.2 Å². The van der Waals surface area contributed by atoms with Gasteiger partial charge < -0.3 is 23.7 Å². The van der Waals surface area contributed by atoms with Crippen LogP contribution in [0.1, 0.15) is 66.9 Å². The van der Waals surface area contributed by atoms with Crippen LogP contribution in [0.5, 0.6) is 5.75 Å². The smallest absolute Gasteiger partial charge is 0.444 e. The van der Waals surface area contributed by atoms with Crippen LogP contribution in [0.25, 0.3) is 0 Å². The summed E-state index contributed by atoms with van der Waals surface area (Å²) in [4.78, 5) is 14.3. The number of amides is 1. The minimum atomic E-state index is -4.86. The molecule has 10 heteroatoms. The first-order chi connectivity index (χ1) is 14.9. The molecule has 33 heavy (non-hydrogen) atoms. The topological polar surface area (TPSA) is 57.2 Å². The fourth-order valence-corrected chi connectivity index (χ4v) is 3.45. The first-order valence-electron chi connectivity index (χ1n) is 11.2. The number of alkyl halides is 3. The Bertz CT molecular complexity index is 862. The molecule has 1 aliphatic carbocycles. The van der Waals surface area contributed by atoms with Crippen LogP contribution in [0.2, 0.25) is 0 Å². The summed E-state index contributed by atoms with van der Waals surface area (Å²) in [5.74, 6) is -0.0185. The van der Waals surface area contributed by atoms with Crippen molar-refractivity contribution in [1.29, 1.82) is 0 Å². The van der Waals surface area contributed by atoms with Gasteiger partial charge in [-0.25, -0.2) is 4.79 Å². The summed E-state index contributed by atoms with van der Waals surface area (Å²) in [6, 6.07) is 4.24. The van der Waals surface area contributed by atoms with Gasteiger partial charge >= 0.3 is 19.6 Å². The van der Waals surface area contributed by atoms with Gasteiger partial charge in [-0.1, -0.05) is 6.07 Å². The van der Waals surface area contributed by atoms with Crippen LogP contribution in [0, 0.1) is 5.92 Å². The molecule has 0 aromatic heterocycles. The lowest BCUT2D eigenvalue weighted by molar-refractivity contribution is -0.274. The molecule has 1 heterocycles. The van der Waals surface area contributed by atoms with Crippen LogP contribution in [-0.4, -0.2) is 47.8 Å². The van der Waals surface area contributed by atoms with Gasteiger partial charge in [-0.2, -0.15) is 0 Å². The maximum atomic E-state index is 13.0. The Morgan fingerprint density at radius 3 is 2.15 bits per heavy atom. The lowest BCUT2D eigenvalue weighted by Crippen LogP contribution is -2.41. The van der Waals surface area contributed by atoms with E-state index in [0.29, 0.717) is 23.5 Å². The Morgan fingerprint density at radius 2 is 1.67 bits per heavy atom. The molecular weight excluding hydrogens is 438 g/mol. The van der Waals surface area contributed by atoms with Crippen molar-refractivity contribution >= 4 is 18.7 Å². The Labute approximate surface area is 193 Å². The second-order valence-electron chi connectivity index (χ2n) is 10.9. The van der Waals surface area contributed by atoms with Crippen LogP contribution in [0.15, 0.2) is 18.2 Å². The molecule has 0 bridgehead atoms. The highest BCUT2D eigenvalue weighted by molar-refractivity contribution is 6.62. The van der Waals surface area contributed by atoms with E-state index >= 15 is 0 Å². The maximum absolute atomic E-state index is 13.0. The summed E-state index contributed by atoms with van der Waals surface area (Å²) >= 11 is 0. The number of hydrogen-bond acceptors (Lipinski definition) is 5. The van der Waals surface area contributed by atoms with E-state index in [0.717, 1.165) is 12.8 Å². The third-order valence-corrected chi connectivity index (χ3v) is 5.95. The van der Waals surface area contributed by atoms with Crippen molar-refractivity contribution in [2.24, 2.45) is 5.92 Å². The zero-order valence-corrected chi connectivity index (χ0v) is 20.3. The van der Waals surface area contributed by atoms with Crippen molar-refractivity contribution in [2.45, 2.75) is 91.0 Å². The van der Waals surface area contributed by atoms with Crippen molar-refractivity contribution in [3.8, 4) is 5.75 Å². The highest BCUT2D eigenvalue weighted by Crippen LogP contribution is 2.37. The fraction of sp³-hybridized carbons (Fsp3) is 0.696. The van der Waals surface area contributed by atoms with E-state index in [1.54, 1.807) is 26.8 Å². The summed E-state index contributed by atoms with van der Waals surface area (Å²) in [6.45, 7) is 13.3. The number of carbonyl (C=O) groups excluding carboxylic acids is 1. The first kappa shape index (κ1) is 25.7. The van der Waals surface area contributed by atoms with Crippen LogP contribution in [-0.2, 0) is 20.6 Å². The molecule has 6 nitrogen and oxygen atoms in total. The molecular formula is C23H33BF3NO5. The number of benzene rings is 1. The molecule has 1 aromatic rings. The molecule has 0 N–H and O–H groups in total. The molecule has 1 amide bonds. The summed E-state index contributed by atoms with van der Waals surface area (Å²) in [7, 11) is -0.871. The summed E-state index contributed by atoms with van der Waals surface area (Å²) in [5.41, 5.74) is -1.15. The molecule has 1 saturated carbocycles. The molecule has 0 spiro atoms. The number of hydrogen-bond donors (Lipinski definition) is 0. The quantitative estimate of drug-likeness (QED) is 0.545. The lowest BCUT2D eigenvalue weighted by atomic mass is 9.78. The van der Waals surface area contributed by atoms with Crippen molar-refractivity contribution in [1.82, 2.24) is 4.90 Å². The van der Waals surface area contributed by atoms with E-state index in [1.165, 1.54) is 17.0 Å². The zero-order chi connectivity index (χ0) is 24.8. The molecule has 0 atom stereocenters. The van der Waals surface area contributed by atoms with Gasteiger partial charge in [-0.3, -0.25) is 0 Å². The molecule has 2 aliphatic rings. The average Bonchev–Trinajstić information content (AvgIpc) is 3.37. The average molecular weight is 471 g/mol. The Balaban J connectivity index is 1.91. The third kappa shape index (κ3) is 7.02. The van der Waals surface area contributed by atoms with Crippen LogP contribution < -0.4 is 10.2 Å². The van der Waals surface area contributed by atoms with E-state index < -0.39 is 36.4 Å². The highest BCUT2D eigenvalue weighted by atomic mass is 19.4. The van der Waals surface area contributed by atoms with Crippen LogP contribution in [0.4, 0.5) is 18.0 Å². The molecule has 3 rings (SSSR count). The monoisotopic (exact) mass is 471 g/mol. The Morgan fingerprint density at radius 1 is 1.09 bits per heavy atom. The van der Waals surface area contributed by atoms with E-state index in [4.69, 9.17) is 14.0 Å². The van der Waals surface area contributed by atoms with Crippen molar-refractivity contribution in [3.63, 3.8) is 0 Å². The normalized spacial score (nSPS) is 20.0. The van der Waals surface area contributed by atoms with E-state index in [-0.39, 0.29) is 12.3 Å². The lowest BCUT2D eigenvalue weighted by Gasteiger charge is -2.32. The molecule has 1 aliphatic heterocycles. The molecule has 1 saturated heterocycles. The number of rotatable bonds is 6. The van der Waals surface area contributed by atoms with Gasteiger partial charge in [0.1, 0.15) is 11.4 Å². The van der Waals surface area contributed by atoms with Crippen molar-refractivity contribution in [3.05, 3.63) is 23.8 Å². The van der Waals surface area contributed by atoms with Gasteiger partial charge in [0, 0.05) is 13.1 Å². The minimum Gasteiger partial charge on any atom is -0.444 e. The Hall–Kier alpha value is -1.94. The number of carbonyl (C=O) groups is 1. The largest absolute Gasteiger partial charge is 0.573 e. The summed E-state index contributed by atoms with van der Waals surface area (Å²) in [6.07, 6.45) is -3.34.